The minimum atomic E-state index is -1.35. The van der Waals surface area contributed by atoms with Gasteiger partial charge < -0.3 is 38.7 Å². The molecule has 2 N–H and O–H groups in total. The fourth-order valence-electron chi connectivity index (χ4n) is 18.2. The molecule has 540 valence electrons. The predicted molar refractivity (Wildman–Crippen MR) is 407 cm³/mol. The number of benzene rings is 9. The molecule has 11 aromatic rings. The van der Waals surface area contributed by atoms with Crippen LogP contribution in [0, 0.1) is 27.7 Å². The molecule has 2 aliphatic heterocycles. The molecule has 17 rings (SSSR count). The van der Waals surface area contributed by atoms with Gasteiger partial charge >= 0.3 is 0 Å². The third-order valence-electron chi connectivity index (χ3n) is 23.4. The summed E-state index contributed by atoms with van der Waals surface area (Å²) in [5.41, 5.74) is 4.19. The topological polar surface area (TPSA) is 210 Å². The quantitative estimate of drug-likeness (QED) is 0.0415. The van der Waals surface area contributed by atoms with E-state index in [0.717, 1.165) is 151 Å². The van der Waals surface area contributed by atoms with E-state index < -0.39 is 35.7 Å². The number of imidazole rings is 2. The van der Waals surface area contributed by atoms with Crippen LogP contribution in [0.4, 0.5) is 0 Å². The van der Waals surface area contributed by atoms with Gasteiger partial charge in [0.1, 0.15) is 69.7 Å². The lowest BCUT2D eigenvalue weighted by Gasteiger charge is -2.45. The second-order valence-electron chi connectivity index (χ2n) is 30.5. The first-order chi connectivity index (χ1) is 51.7. The average Bonchev–Trinajstić information content (AvgIpc) is 0.686. The van der Waals surface area contributed by atoms with Gasteiger partial charge in [-0.05, 0) is 152 Å². The maximum atomic E-state index is 16.9. The Morgan fingerprint density at radius 3 is 0.840 bits per heavy atom. The summed E-state index contributed by atoms with van der Waals surface area (Å²) in [4.78, 5) is 123. The number of carbonyl (C=O) groups excluding carboxylic acids is 6. The van der Waals surface area contributed by atoms with Crippen LogP contribution in [0.5, 0.6) is 46.0 Å². The van der Waals surface area contributed by atoms with E-state index in [0.29, 0.717) is 67.0 Å². The minimum absolute atomic E-state index is 0.0811. The van der Waals surface area contributed by atoms with Crippen molar-refractivity contribution in [1.82, 2.24) is 39.5 Å². The molecule has 4 saturated carbocycles. The fourth-order valence-corrected chi connectivity index (χ4v) is 18.2. The van der Waals surface area contributed by atoms with Crippen molar-refractivity contribution in [2.75, 3.05) is 0 Å². The number of ether oxygens (including phenoxy) is 4. The number of aromatic nitrogens is 4. The summed E-state index contributed by atoms with van der Waals surface area (Å²) < 4.78 is 29.4. The van der Waals surface area contributed by atoms with Crippen molar-refractivity contribution in [2.24, 2.45) is 0 Å². The van der Waals surface area contributed by atoms with Gasteiger partial charge in [-0.25, -0.2) is 9.97 Å². The van der Waals surface area contributed by atoms with E-state index in [9.17, 15) is 0 Å². The van der Waals surface area contributed by atoms with E-state index in [2.05, 4.69) is 29.7 Å². The number of aromatic amines is 2. The van der Waals surface area contributed by atoms with E-state index in [-0.39, 0.29) is 105 Å². The molecule has 2 atom stereocenters. The first-order valence-electron chi connectivity index (χ1n) is 38.4. The monoisotopic (exact) mass is 1420 g/mol. The van der Waals surface area contributed by atoms with Crippen LogP contribution in [0.1, 0.15) is 204 Å². The molecule has 4 heterocycles. The first kappa shape index (κ1) is 68.2. The van der Waals surface area contributed by atoms with Crippen molar-refractivity contribution in [2.45, 2.75) is 205 Å². The Balaban J connectivity index is 0.974. The number of H-pyrrole nitrogens is 2. The second kappa shape index (κ2) is 28.5. The van der Waals surface area contributed by atoms with Gasteiger partial charge in [0.15, 0.2) is 0 Å². The second-order valence-corrected chi connectivity index (χ2v) is 30.5. The van der Waals surface area contributed by atoms with Crippen LogP contribution < -0.4 is 18.9 Å². The number of carbonyl (C=O) groups is 6. The van der Waals surface area contributed by atoms with Crippen LogP contribution in [0.3, 0.4) is 0 Å². The first-order valence-corrected chi connectivity index (χ1v) is 38.4. The molecule has 6 amide bonds. The van der Waals surface area contributed by atoms with Gasteiger partial charge in [0.2, 0.25) is 11.8 Å². The Bertz CT molecular complexity index is 4600. The summed E-state index contributed by atoms with van der Waals surface area (Å²) in [6.07, 6.45) is 25.0. The number of aryl methyl sites for hydroxylation is 4. The average molecular weight is 1420 g/mol. The van der Waals surface area contributed by atoms with Gasteiger partial charge in [-0.3, -0.25) is 38.6 Å². The summed E-state index contributed by atoms with van der Waals surface area (Å²) in [5.74, 6) is -0.339. The molecule has 18 nitrogen and oxygen atoms in total. The Morgan fingerprint density at radius 1 is 0.368 bits per heavy atom. The molecule has 4 fully saturated rings. The number of hydrogen-bond acceptors (Lipinski definition) is 12. The lowest BCUT2D eigenvalue weighted by atomic mass is 9.80. The molecule has 9 aromatic carbocycles. The van der Waals surface area contributed by atoms with E-state index in [1.54, 1.807) is 49.1 Å². The minimum Gasteiger partial charge on any atom is -0.457 e. The zero-order valence-electron chi connectivity index (χ0n) is 60.6. The smallest absolute Gasteiger partial charge is 0.262 e. The maximum absolute atomic E-state index is 16.9. The molecule has 2 unspecified atom stereocenters. The van der Waals surface area contributed by atoms with E-state index in [1.807, 2.05) is 125 Å². The van der Waals surface area contributed by atoms with Crippen molar-refractivity contribution in [1.29, 1.82) is 0 Å². The van der Waals surface area contributed by atoms with Gasteiger partial charge in [-0.1, -0.05) is 148 Å². The third-order valence-corrected chi connectivity index (χ3v) is 23.4. The number of nitrogens with zero attached hydrogens (tertiary/aromatic N) is 6. The molecule has 18 heteroatoms. The lowest BCUT2D eigenvalue weighted by Crippen LogP contribution is -2.60. The molecule has 6 aliphatic rings. The van der Waals surface area contributed by atoms with Crippen LogP contribution in [0.2, 0.25) is 0 Å². The zero-order chi connectivity index (χ0) is 72.4. The van der Waals surface area contributed by atoms with Crippen molar-refractivity contribution < 1.29 is 47.7 Å². The number of fused-ring (bicyclic) bond motifs is 2. The van der Waals surface area contributed by atoms with Gasteiger partial charge in [-0.15, -0.1) is 0 Å². The molecular formula is C88H88N8O10. The summed E-state index contributed by atoms with van der Waals surface area (Å²) in [6, 6.07) is 33.9. The Hall–Kier alpha value is -10.9. The van der Waals surface area contributed by atoms with Crippen molar-refractivity contribution >= 4 is 78.5 Å². The Kier molecular flexibility index (Phi) is 18.4. The van der Waals surface area contributed by atoms with Crippen LogP contribution in [0.15, 0.2) is 146 Å². The highest BCUT2D eigenvalue weighted by molar-refractivity contribution is 6.45. The highest BCUT2D eigenvalue weighted by atomic mass is 16.5. The molecular weight excluding hydrogens is 1330 g/mol. The number of amides is 6. The van der Waals surface area contributed by atoms with Crippen LogP contribution in [0.25, 0.3) is 43.1 Å². The Morgan fingerprint density at radius 2 is 0.613 bits per heavy atom. The Labute approximate surface area is 616 Å². The van der Waals surface area contributed by atoms with Crippen LogP contribution >= 0.6 is 0 Å². The van der Waals surface area contributed by atoms with Gasteiger partial charge in [0, 0.05) is 105 Å². The van der Waals surface area contributed by atoms with Crippen molar-refractivity contribution in [3.05, 3.63) is 202 Å². The summed E-state index contributed by atoms with van der Waals surface area (Å²) in [7, 11) is 0. The zero-order valence-corrected chi connectivity index (χ0v) is 60.6. The third kappa shape index (κ3) is 12.5. The number of nitrogens with one attached hydrogen (secondary N) is 2. The van der Waals surface area contributed by atoms with Gasteiger partial charge in [0.25, 0.3) is 23.6 Å². The molecule has 0 bridgehead atoms. The lowest BCUT2D eigenvalue weighted by molar-refractivity contribution is -0.143. The van der Waals surface area contributed by atoms with E-state index >= 15 is 28.8 Å². The van der Waals surface area contributed by atoms with E-state index in [4.69, 9.17) is 18.9 Å². The predicted octanol–water partition coefficient (Wildman–Crippen LogP) is 19.0. The summed E-state index contributed by atoms with van der Waals surface area (Å²) in [5, 5.41) is 2.62. The highest BCUT2D eigenvalue weighted by Crippen LogP contribution is 2.58. The maximum Gasteiger partial charge on any atom is 0.262 e. The summed E-state index contributed by atoms with van der Waals surface area (Å²) in [6.45, 7) is 7.93. The van der Waals surface area contributed by atoms with Crippen LogP contribution in [-0.4, -0.2) is 111 Å². The molecule has 0 radical (unpaired) electrons. The normalized spacial score (nSPS) is 17.6. The highest BCUT2D eigenvalue weighted by Gasteiger charge is 2.50. The number of rotatable bonds is 20. The van der Waals surface area contributed by atoms with E-state index in [1.165, 1.54) is 9.80 Å². The van der Waals surface area contributed by atoms with Crippen molar-refractivity contribution in [3.8, 4) is 46.0 Å². The summed E-state index contributed by atoms with van der Waals surface area (Å²) >= 11 is 0. The standard InChI is InChI=1S/C88H88N8O10/c1-51-25-33-59(34-26-51)103-69-45-63-75-64(84(98)95(83(63)97)67(49-73-89-41-42-90-73)87(101)93(55-17-9-5-10-18-55)56-19-11-6-12-20-56)47-71(105-61-37-29-53(3)30-38-61)79-80-72(106-62-39-31-54(4)32-40-62)48-66-76-65(46-70(78(82(76)80)77(69)81(75)79)104-60-35-27-52(2)28-36-60)85(99)96(86(66)100)68(50-74-91-43-44-92-74)88(102)94(57-21-13-7-14-22-57)58-23-15-8-16-24-58/h25-48,55-58,67-68H,5-24,49-50H2,1-4H3,(H,89,90)(H,91,92). The van der Waals surface area contributed by atoms with Gasteiger partial charge in [-0.2, -0.15) is 0 Å². The molecule has 106 heavy (non-hydrogen) atoms. The largest absolute Gasteiger partial charge is 0.457 e. The van der Waals surface area contributed by atoms with Crippen molar-refractivity contribution in [3.63, 3.8) is 0 Å². The SMILES string of the molecule is Cc1ccc(Oc2cc3c4c(cc(Oc5ccc(C)cc5)c5c6c(Oc7ccc(C)cc7)cc7c8c(cc(Oc9ccc(C)cc9)c(c2c45)c86)C(=O)N(C(Cc2ncc[nH]2)C(=O)N(C2CCCCC2)C2CCCCC2)C7=O)C(=O)N(C(Cc2ncc[nH]2)C(=O)N(C2CCCCC2)C2CCCCC2)C3=O)cc1. The molecule has 0 saturated heterocycles. The number of imide groups is 2. The van der Waals surface area contributed by atoms with Crippen LogP contribution in [-0.2, 0) is 22.4 Å². The molecule has 4 aliphatic carbocycles. The molecule has 2 aromatic heterocycles. The number of hydrogen-bond donors (Lipinski definition) is 2. The molecule has 0 spiro atoms. The fraction of sp³-hybridized carbons (Fsp3) is 0.364. The van der Waals surface area contributed by atoms with Gasteiger partial charge in [0.05, 0.1) is 22.3 Å².